The number of allylic oxidation sites excluding steroid dienone is 4. The predicted molar refractivity (Wildman–Crippen MR) is 123 cm³/mol. The molecule has 1 aliphatic heterocycles. The van der Waals surface area contributed by atoms with Gasteiger partial charge in [0.1, 0.15) is 6.10 Å². The number of aliphatic hydroxyl groups is 1. The molecule has 4 fully saturated rings. The van der Waals surface area contributed by atoms with Crippen molar-refractivity contribution in [3.8, 4) is 0 Å². The summed E-state index contributed by atoms with van der Waals surface area (Å²) in [5.74, 6) is 0.282. The van der Waals surface area contributed by atoms with Crippen LogP contribution < -0.4 is 0 Å². The van der Waals surface area contributed by atoms with Gasteiger partial charge < -0.3 is 9.84 Å². The van der Waals surface area contributed by atoms with Crippen LogP contribution in [-0.4, -0.2) is 28.2 Å². The zero-order chi connectivity index (χ0) is 23.1. The van der Waals surface area contributed by atoms with E-state index in [9.17, 15) is 9.90 Å². The van der Waals surface area contributed by atoms with E-state index in [0.29, 0.717) is 30.6 Å². The van der Waals surface area contributed by atoms with Crippen molar-refractivity contribution in [1.29, 1.82) is 0 Å². The maximum absolute atomic E-state index is 11.8. The molecule has 1 heterocycles. The Balaban J connectivity index is 1.47. The Morgan fingerprint density at radius 1 is 1.28 bits per heavy atom. The Bertz CT molecular complexity index is 813. The van der Waals surface area contributed by atoms with Crippen LogP contribution >= 0.6 is 0 Å². The van der Waals surface area contributed by atoms with Crippen molar-refractivity contribution in [2.24, 2.45) is 29.1 Å². The van der Waals surface area contributed by atoms with Crippen LogP contribution in [0.15, 0.2) is 35.5 Å². The minimum absolute atomic E-state index is 0.0311. The number of esters is 1. The van der Waals surface area contributed by atoms with Gasteiger partial charge in [-0.3, -0.25) is 4.79 Å². The number of cyclic esters (lactones) is 1. The van der Waals surface area contributed by atoms with Crippen molar-refractivity contribution in [2.75, 3.05) is 0 Å². The molecule has 4 aliphatic rings. The largest absolute Gasteiger partial charge is 0.462 e. The molecule has 32 heavy (non-hydrogen) atoms. The molecule has 5 heteroatoms. The summed E-state index contributed by atoms with van der Waals surface area (Å²) in [5, 5.41) is 19.4. The third-order valence-corrected chi connectivity index (χ3v) is 9.07. The average Bonchev–Trinajstić information content (AvgIpc) is 3.27. The number of fused-ring (bicyclic) bond motifs is 1. The van der Waals surface area contributed by atoms with E-state index in [1.54, 1.807) is 0 Å². The number of ether oxygens (including phenoxy) is 1. The van der Waals surface area contributed by atoms with Gasteiger partial charge in [-0.2, -0.15) is 0 Å². The Labute approximate surface area is 192 Å². The number of hydrogen-bond donors (Lipinski definition) is 2. The van der Waals surface area contributed by atoms with E-state index in [0.717, 1.165) is 30.4 Å². The molecule has 0 aromatic heterocycles. The van der Waals surface area contributed by atoms with Crippen molar-refractivity contribution in [3.63, 3.8) is 0 Å². The molecule has 178 valence electrons. The summed E-state index contributed by atoms with van der Waals surface area (Å²) in [7, 11) is 0. The lowest BCUT2D eigenvalue weighted by Crippen LogP contribution is -2.36. The van der Waals surface area contributed by atoms with E-state index in [4.69, 9.17) is 9.99 Å². The van der Waals surface area contributed by atoms with Crippen LogP contribution in [-0.2, 0) is 14.4 Å². The van der Waals surface area contributed by atoms with E-state index in [1.165, 1.54) is 31.3 Å². The number of hydrogen-bond acceptors (Lipinski definition) is 5. The fourth-order valence-corrected chi connectivity index (χ4v) is 7.24. The van der Waals surface area contributed by atoms with Crippen molar-refractivity contribution < 1.29 is 24.8 Å². The Kier molecular flexibility index (Phi) is 6.73. The van der Waals surface area contributed by atoms with Crippen LogP contribution in [0.5, 0.6) is 0 Å². The molecule has 0 amide bonds. The Hall–Kier alpha value is -1.43. The summed E-state index contributed by atoms with van der Waals surface area (Å²) in [4.78, 5) is 16.2. The zero-order valence-corrected chi connectivity index (χ0v) is 19.9. The minimum Gasteiger partial charge on any atom is -0.462 e. The molecule has 5 nitrogen and oxygen atoms in total. The molecule has 3 unspecified atom stereocenters. The van der Waals surface area contributed by atoms with Gasteiger partial charge in [0, 0.05) is 12.8 Å². The Morgan fingerprint density at radius 3 is 2.75 bits per heavy atom. The molecular weight excluding hydrogens is 404 g/mol. The standard InChI is InChI=1S/C27H40O5/c1-17-11-13-27(29,32-30)16-21(17)8-7-20-6-5-12-26(4)23(9-10-24(20)26)18(2)14-22-15-19(3)25(28)31-22/h7-8,18-19,22-24,29-30H,1,5-6,9-16H2,2-4H3/b20-7?,21-8-/t18-,19?,22?,23-,24?,26-,27+/m1/s1. The van der Waals surface area contributed by atoms with E-state index >= 15 is 0 Å². The first-order chi connectivity index (χ1) is 15.1. The van der Waals surface area contributed by atoms with Crippen LogP contribution in [0.25, 0.3) is 0 Å². The smallest absolute Gasteiger partial charge is 0.309 e. The van der Waals surface area contributed by atoms with Gasteiger partial charge in [-0.1, -0.05) is 50.6 Å². The monoisotopic (exact) mass is 444 g/mol. The first-order valence-corrected chi connectivity index (χ1v) is 12.5. The topological polar surface area (TPSA) is 76.0 Å². The number of carbonyl (C=O) groups is 1. The second-order valence-corrected chi connectivity index (χ2v) is 11.3. The highest BCUT2D eigenvalue weighted by Crippen LogP contribution is 2.60. The molecule has 1 saturated heterocycles. The molecule has 0 spiro atoms. The van der Waals surface area contributed by atoms with Gasteiger partial charge in [0.2, 0.25) is 5.79 Å². The van der Waals surface area contributed by atoms with Gasteiger partial charge in [0.15, 0.2) is 0 Å². The van der Waals surface area contributed by atoms with Crippen LogP contribution in [0.3, 0.4) is 0 Å². The normalized spacial score (nSPS) is 43.5. The molecule has 0 aromatic carbocycles. The molecule has 4 rings (SSSR count). The lowest BCUT2D eigenvalue weighted by atomic mass is 9.60. The quantitative estimate of drug-likeness (QED) is 0.237. The molecule has 2 N–H and O–H groups in total. The number of carbonyl (C=O) groups excluding carboxylic acids is 1. The predicted octanol–water partition coefficient (Wildman–Crippen LogP) is 5.95. The van der Waals surface area contributed by atoms with Gasteiger partial charge in [0.05, 0.1) is 5.92 Å². The van der Waals surface area contributed by atoms with Crippen molar-refractivity contribution >= 4 is 5.97 Å². The Morgan fingerprint density at radius 2 is 2.06 bits per heavy atom. The highest BCUT2D eigenvalue weighted by atomic mass is 17.1. The maximum atomic E-state index is 11.8. The zero-order valence-electron chi connectivity index (χ0n) is 19.9. The van der Waals surface area contributed by atoms with Gasteiger partial charge >= 0.3 is 5.97 Å². The third-order valence-electron chi connectivity index (χ3n) is 9.07. The van der Waals surface area contributed by atoms with Crippen LogP contribution in [0.4, 0.5) is 0 Å². The highest BCUT2D eigenvalue weighted by molar-refractivity contribution is 5.74. The minimum atomic E-state index is -1.50. The molecule has 0 radical (unpaired) electrons. The lowest BCUT2D eigenvalue weighted by molar-refractivity contribution is -0.394. The molecule has 0 bridgehead atoms. The van der Waals surface area contributed by atoms with E-state index in [-0.39, 0.29) is 29.8 Å². The summed E-state index contributed by atoms with van der Waals surface area (Å²) in [6.45, 7) is 11.0. The first kappa shape index (κ1) is 23.7. The first-order valence-electron chi connectivity index (χ1n) is 12.5. The average molecular weight is 445 g/mol. The number of rotatable bonds is 5. The van der Waals surface area contributed by atoms with Gasteiger partial charge in [-0.25, -0.2) is 10.1 Å². The molecule has 7 atom stereocenters. The lowest BCUT2D eigenvalue weighted by Gasteiger charge is -2.44. The summed E-state index contributed by atoms with van der Waals surface area (Å²) < 4.78 is 5.62. The van der Waals surface area contributed by atoms with E-state index < -0.39 is 5.79 Å². The highest BCUT2D eigenvalue weighted by Gasteiger charge is 2.51. The van der Waals surface area contributed by atoms with Gasteiger partial charge in [-0.05, 0) is 80.1 Å². The SMILES string of the molecule is C=C1CC[C@](O)(OO)C/C1=C/C=C1CCC[C@@]2(C)C1CC[C@@H]2[C@H](C)CC1CC(C)C(=O)O1. The van der Waals surface area contributed by atoms with E-state index in [2.05, 4.69) is 37.5 Å². The second-order valence-electron chi connectivity index (χ2n) is 11.3. The van der Waals surface area contributed by atoms with Gasteiger partial charge in [-0.15, -0.1) is 0 Å². The van der Waals surface area contributed by atoms with Crippen LogP contribution in [0.2, 0.25) is 0 Å². The van der Waals surface area contributed by atoms with Crippen molar-refractivity contribution in [3.05, 3.63) is 35.5 Å². The summed E-state index contributed by atoms with van der Waals surface area (Å²) in [5.41, 5.74) is 3.77. The fraction of sp³-hybridized carbons (Fsp3) is 0.741. The molecule has 3 saturated carbocycles. The molecule has 0 aromatic rings. The molecular formula is C27H40O5. The van der Waals surface area contributed by atoms with Crippen LogP contribution in [0, 0.1) is 29.1 Å². The third kappa shape index (κ3) is 4.49. The van der Waals surface area contributed by atoms with E-state index in [1.807, 2.05) is 6.92 Å². The second kappa shape index (κ2) is 9.08. The summed E-state index contributed by atoms with van der Waals surface area (Å²) >= 11 is 0. The van der Waals surface area contributed by atoms with Gasteiger partial charge in [0.25, 0.3) is 0 Å². The maximum Gasteiger partial charge on any atom is 0.309 e. The molecule has 3 aliphatic carbocycles. The summed E-state index contributed by atoms with van der Waals surface area (Å²) in [6.07, 6.45) is 13.6. The van der Waals surface area contributed by atoms with Crippen molar-refractivity contribution in [1.82, 2.24) is 0 Å². The van der Waals surface area contributed by atoms with Crippen LogP contribution in [0.1, 0.15) is 85.0 Å². The fourth-order valence-electron chi connectivity index (χ4n) is 7.24. The van der Waals surface area contributed by atoms with Crippen molar-refractivity contribution in [2.45, 2.75) is 96.9 Å². The summed E-state index contributed by atoms with van der Waals surface area (Å²) in [6, 6.07) is 0.